The molecule has 0 amide bonds. The quantitative estimate of drug-likeness (QED) is 0.277. The highest BCUT2D eigenvalue weighted by Gasteiger charge is 2.11. The molecule has 3 heteroatoms. The van der Waals surface area contributed by atoms with E-state index in [1.807, 2.05) is 12.4 Å². The summed E-state index contributed by atoms with van der Waals surface area (Å²) in [6.07, 6.45) is 9.38. The van der Waals surface area contributed by atoms with Gasteiger partial charge in [0, 0.05) is 41.0 Å². The topological polar surface area (TPSA) is 17.0 Å². The first kappa shape index (κ1) is 19.3. The van der Waals surface area contributed by atoms with E-state index in [0.29, 0.717) is 6.61 Å². The van der Waals surface area contributed by atoms with Crippen LogP contribution in [0.5, 0.6) is 0 Å². The Labute approximate surface area is 182 Å². The lowest BCUT2D eigenvalue weighted by Gasteiger charge is -2.10. The number of rotatable bonds is 6. The fourth-order valence-electron chi connectivity index (χ4n) is 4.15. The first-order valence-electron chi connectivity index (χ1n) is 10.9. The van der Waals surface area contributed by atoms with Crippen molar-refractivity contribution in [2.75, 3.05) is 0 Å². The minimum atomic E-state index is 0.508. The second-order valence-corrected chi connectivity index (χ2v) is 7.84. The van der Waals surface area contributed by atoms with E-state index in [1.54, 1.807) is 4.73 Å². The molecule has 5 aromatic rings. The van der Waals surface area contributed by atoms with Gasteiger partial charge in [0.05, 0.1) is 0 Å². The third-order valence-electron chi connectivity index (χ3n) is 5.75. The highest BCUT2D eigenvalue weighted by Crippen LogP contribution is 2.28. The van der Waals surface area contributed by atoms with Gasteiger partial charge in [-0.1, -0.05) is 55.5 Å². The van der Waals surface area contributed by atoms with Crippen molar-refractivity contribution in [1.29, 1.82) is 0 Å². The van der Waals surface area contributed by atoms with Gasteiger partial charge in [0.15, 0.2) is 19.0 Å². The summed E-state index contributed by atoms with van der Waals surface area (Å²) in [7, 11) is 0. The standard InChI is InChI=1S/C28H26N2O/c1-2-15-29-16-11-22(12-17-29)23-13-18-30(19-14-23)31-21-28-26-9-5-3-7-24(26)20-25-8-4-6-10-27(25)28/h3-14,16-20H,2,15,21H2,1H3/q+2. The molecule has 0 radical (unpaired) electrons. The Balaban J connectivity index is 1.39. The molecule has 0 saturated heterocycles. The van der Waals surface area contributed by atoms with Gasteiger partial charge in [0.2, 0.25) is 12.4 Å². The van der Waals surface area contributed by atoms with Gasteiger partial charge >= 0.3 is 0 Å². The van der Waals surface area contributed by atoms with Crippen LogP contribution >= 0.6 is 0 Å². The maximum atomic E-state index is 6.16. The maximum Gasteiger partial charge on any atom is 0.223 e. The van der Waals surface area contributed by atoms with Gasteiger partial charge in [-0.2, -0.15) is 0 Å². The van der Waals surface area contributed by atoms with Crippen LogP contribution in [-0.2, 0) is 13.2 Å². The predicted molar refractivity (Wildman–Crippen MR) is 124 cm³/mol. The molecular weight excluding hydrogens is 380 g/mol. The highest BCUT2D eigenvalue weighted by atomic mass is 16.7. The van der Waals surface area contributed by atoms with Crippen molar-refractivity contribution in [1.82, 2.24) is 0 Å². The molecule has 2 heterocycles. The molecule has 0 fully saturated rings. The average molecular weight is 407 g/mol. The zero-order valence-corrected chi connectivity index (χ0v) is 17.7. The molecule has 0 saturated carbocycles. The van der Waals surface area contributed by atoms with Crippen molar-refractivity contribution in [2.45, 2.75) is 26.5 Å². The minimum Gasteiger partial charge on any atom is -0.267 e. The highest BCUT2D eigenvalue weighted by molar-refractivity contribution is 6.02. The summed E-state index contributed by atoms with van der Waals surface area (Å²) in [5, 5.41) is 4.96. The zero-order chi connectivity index (χ0) is 21.0. The maximum absolute atomic E-state index is 6.16. The van der Waals surface area contributed by atoms with Crippen molar-refractivity contribution >= 4 is 21.5 Å². The molecule has 3 nitrogen and oxygen atoms in total. The number of nitrogens with zero attached hydrogens (tertiary/aromatic N) is 2. The van der Waals surface area contributed by atoms with Crippen LogP contribution < -0.4 is 14.1 Å². The minimum absolute atomic E-state index is 0.508. The van der Waals surface area contributed by atoms with Crippen LogP contribution in [0.4, 0.5) is 0 Å². The summed E-state index contributed by atoms with van der Waals surface area (Å²) in [6, 6.07) is 27.8. The van der Waals surface area contributed by atoms with Gasteiger partial charge in [-0.05, 0) is 38.7 Å². The fraction of sp³-hybridized carbons (Fsp3) is 0.143. The van der Waals surface area contributed by atoms with E-state index in [4.69, 9.17) is 4.84 Å². The monoisotopic (exact) mass is 406 g/mol. The zero-order valence-electron chi connectivity index (χ0n) is 17.7. The smallest absolute Gasteiger partial charge is 0.223 e. The van der Waals surface area contributed by atoms with Crippen LogP contribution in [-0.4, -0.2) is 0 Å². The molecule has 2 aromatic heterocycles. The molecule has 0 aliphatic rings. The largest absolute Gasteiger partial charge is 0.267 e. The molecule has 0 aliphatic carbocycles. The molecule has 0 bridgehead atoms. The molecule has 152 valence electrons. The Morgan fingerprint density at radius 2 is 1.23 bits per heavy atom. The first-order chi connectivity index (χ1) is 15.3. The van der Waals surface area contributed by atoms with E-state index in [1.165, 1.54) is 38.2 Å². The van der Waals surface area contributed by atoms with Gasteiger partial charge < -0.3 is 0 Å². The molecule has 0 N–H and O–H groups in total. The van der Waals surface area contributed by atoms with Crippen molar-refractivity contribution in [3.05, 3.63) is 109 Å². The lowest BCUT2D eigenvalue weighted by Crippen LogP contribution is -2.41. The van der Waals surface area contributed by atoms with E-state index in [-0.39, 0.29) is 0 Å². The lowest BCUT2D eigenvalue weighted by molar-refractivity contribution is -0.895. The Kier molecular flexibility index (Phi) is 5.32. The summed E-state index contributed by atoms with van der Waals surface area (Å²) < 4.78 is 4.00. The van der Waals surface area contributed by atoms with Crippen LogP contribution in [0.1, 0.15) is 18.9 Å². The van der Waals surface area contributed by atoms with Gasteiger partial charge in [0.1, 0.15) is 6.54 Å². The Hall–Kier alpha value is -3.72. The molecule has 3 aromatic carbocycles. The number of fused-ring (bicyclic) bond motifs is 2. The van der Waals surface area contributed by atoms with Crippen molar-refractivity contribution in [2.24, 2.45) is 0 Å². The molecule has 0 unspecified atom stereocenters. The van der Waals surface area contributed by atoms with Gasteiger partial charge in [-0.3, -0.25) is 4.84 Å². The van der Waals surface area contributed by atoms with E-state index < -0.39 is 0 Å². The number of benzene rings is 3. The van der Waals surface area contributed by atoms with Crippen LogP contribution in [0.2, 0.25) is 0 Å². The normalized spacial score (nSPS) is 11.1. The van der Waals surface area contributed by atoms with E-state index >= 15 is 0 Å². The molecule has 0 aliphatic heterocycles. The predicted octanol–water partition coefficient (Wildman–Crippen LogP) is 5.27. The average Bonchev–Trinajstić information content (AvgIpc) is 2.83. The summed E-state index contributed by atoms with van der Waals surface area (Å²) in [6.45, 7) is 3.75. The molecule has 5 rings (SSSR count). The summed E-state index contributed by atoms with van der Waals surface area (Å²) in [5.74, 6) is 0. The lowest BCUT2D eigenvalue weighted by atomic mass is 9.97. The fourth-order valence-corrected chi connectivity index (χ4v) is 4.15. The molecule has 0 atom stereocenters. The number of hydrogen-bond donors (Lipinski definition) is 0. The third kappa shape index (κ3) is 3.99. The number of aromatic nitrogens is 2. The number of hydrogen-bond acceptors (Lipinski definition) is 1. The van der Waals surface area contributed by atoms with Crippen LogP contribution in [0.25, 0.3) is 32.7 Å². The van der Waals surface area contributed by atoms with Crippen molar-refractivity contribution in [3.8, 4) is 11.1 Å². The molecule has 31 heavy (non-hydrogen) atoms. The van der Waals surface area contributed by atoms with E-state index in [2.05, 4.69) is 103 Å². The Morgan fingerprint density at radius 1 is 0.677 bits per heavy atom. The molecular formula is C28H26N2O+2. The number of pyridine rings is 2. The Morgan fingerprint density at radius 3 is 1.81 bits per heavy atom. The van der Waals surface area contributed by atoms with Crippen molar-refractivity contribution in [3.63, 3.8) is 0 Å². The summed E-state index contributed by atoms with van der Waals surface area (Å²) >= 11 is 0. The molecule has 0 spiro atoms. The second kappa shape index (κ2) is 8.57. The summed E-state index contributed by atoms with van der Waals surface area (Å²) in [4.78, 5) is 6.16. The second-order valence-electron chi connectivity index (χ2n) is 7.84. The first-order valence-corrected chi connectivity index (χ1v) is 10.9. The van der Waals surface area contributed by atoms with Gasteiger partial charge in [-0.25, -0.2) is 4.57 Å². The van der Waals surface area contributed by atoms with Crippen LogP contribution in [0.3, 0.4) is 0 Å². The third-order valence-corrected chi connectivity index (χ3v) is 5.75. The van der Waals surface area contributed by atoms with E-state index in [9.17, 15) is 0 Å². The van der Waals surface area contributed by atoms with Crippen LogP contribution in [0, 0.1) is 0 Å². The summed E-state index contributed by atoms with van der Waals surface area (Å²) in [5.41, 5.74) is 3.60. The van der Waals surface area contributed by atoms with Crippen molar-refractivity contribution < 1.29 is 14.1 Å². The number of aryl methyl sites for hydroxylation is 1. The van der Waals surface area contributed by atoms with Gasteiger partial charge in [-0.15, -0.1) is 0 Å². The Bertz CT molecular complexity index is 1270. The van der Waals surface area contributed by atoms with Crippen LogP contribution in [0.15, 0.2) is 104 Å². The SMILES string of the molecule is CCC[n+]1ccc(-c2cc[n+](OCc3c4ccccc4cc4ccccc34)cc2)cc1. The van der Waals surface area contributed by atoms with E-state index in [0.717, 1.165) is 13.0 Å². The van der Waals surface area contributed by atoms with Gasteiger partial charge in [0.25, 0.3) is 0 Å².